The summed E-state index contributed by atoms with van der Waals surface area (Å²) < 4.78 is 16.8. The van der Waals surface area contributed by atoms with E-state index in [0.717, 1.165) is 83.5 Å². The normalized spacial score (nSPS) is 12.3. The molecule has 0 heterocycles. The maximum Gasteiger partial charge on any atom is 0.306 e. The van der Waals surface area contributed by atoms with Crippen molar-refractivity contribution in [3.8, 4) is 0 Å². The van der Waals surface area contributed by atoms with Crippen LogP contribution in [0.5, 0.6) is 0 Å². The highest BCUT2D eigenvalue weighted by Gasteiger charge is 2.19. The average Bonchev–Trinajstić information content (AvgIpc) is 3.33. The van der Waals surface area contributed by atoms with Crippen LogP contribution < -0.4 is 0 Å². The van der Waals surface area contributed by atoms with Gasteiger partial charge in [0, 0.05) is 19.3 Å². The van der Waals surface area contributed by atoms with Crippen LogP contribution in [-0.4, -0.2) is 37.2 Å². The molecule has 6 nitrogen and oxygen atoms in total. The summed E-state index contributed by atoms with van der Waals surface area (Å²) in [5.74, 6) is -0.861. The molecule has 0 aliphatic carbocycles. The van der Waals surface area contributed by atoms with E-state index in [9.17, 15) is 14.4 Å². The zero-order valence-electron chi connectivity index (χ0n) is 44.7. The van der Waals surface area contributed by atoms with Crippen molar-refractivity contribution in [2.45, 2.75) is 309 Å². The van der Waals surface area contributed by atoms with Gasteiger partial charge in [0.05, 0.1) is 0 Å². The van der Waals surface area contributed by atoms with E-state index in [0.29, 0.717) is 19.3 Å². The number of carbonyl (C=O) groups excluding carboxylic acids is 3. The first-order valence-electron chi connectivity index (χ1n) is 29.1. The van der Waals surface area contributed by atoms with Crippen LogP contribution in [0.15, 0.2) is 48.6 Å². The molecular formula is C61H110O6. The molecule has 0 saturated carbocycles. The van der Waals surface area contributed by atoms with Crippen LogP contribution in [0.25, 0.3) is 0 Å². The van der Waals surface area contributed by atoms with Crippen molar-refractivity contribution in [2.75, 3.05) is 13.2 Å². The highest BCUT2D eigenvalue weighted by atomic mass is 16.6. The van der Waals surface area contributed by atoms with E-state index in [1.807, 2.05) is 0 Å². The lowest BCUT2D eigenvalue weighted by Crippen LogP contribution is -2.30. The van der Waals surface area contributed by atoms with Gasteiger partial charge in [-0.3, -0.25) is 14.4 Å². The fraction of sp³-hybridized carbons (Fsp3) is 0.820. The maximum atomic E-state index is 12.8. The summed E-state index contributed by atoms with van der Waals surface area (Å²) in [7, 11) is 0. The van der Waals surface area contributed by atoms with Gasteiger partial charge in [0.25, 0.3) is 0 Å². The molecule has 1 unspecified atom stereocenters. The molecule has 0 aromatic heterocycles. The number of carbonyl (C=O) groups is 3. The number of ether oxygens (including phenoxy) is 3. The number of rotatable bonds is 53. The smallest absolute Gasteiger partial charge is 0.306 e. The molecule has 1 atom stereocenters. The zero-order chi connectivity index (χ0) is 48.6. The van der Waals surface area contributed by atoms with Gasteiger partial charge in [0.2, 0.25) is 0 Å². The molecule has 0 saturated heterocycles. The van der Waals surface area contributed by atoms with Crippen LogP contribution in [-0.2, 0) is 28.6 Å². The minimum Gasteiger partial charge on any atom is -0.462 e. The lowest BCUT2D eigenvalue weighted by molar-refractivity contribution is -0.167. The van der Waals surface area contributed by atoms with Gasteiger partial charge in [-0.25, -0.2) is 0 Å². The van der Waals surface area contributed by atoms with Gasteiger partial charge >= 0.3 is 17.9 Å². The highest BCUT2D eigenvalue weighted by molar-refractivity contribution is 5.71. The number of hydrogen-bond acceptors (Lipinski definition) is 6. The molecule has 0 bridgehead atoms. The molecule has 0 rings (SSSR count). The second-order valence-corrected chi connectivity index (χ2v) is 19.5. The molecule has 0 amide bonds. The number of hydrogen-bond donors (Lipinski definition) is 0. The molecule has 0 spiro atoms. The molecule has 6 heteroatoms. The molecule has 0 aromatic rings. The first kappa shape index (κ1) is 64.4. The van der Waals surface area contributed by atoms with Crippen molar-refractivity contribution >= 4 is 17.9 Å². The Kier molecular flexibility index (Phi) is 53.8. The van der Waals surface area contributed by atoms with E-state index >= 15 is 0 Å². The minimum absolute atomic E-state index is 0.0698. The number of allylic oxidation sites excluding steroid dienone is 8. The van der Waals surface area contributed by atoms with E-state index in [4.69, 9.17) is 14.2 Å². The van der Waals surface area contributed by atoms with Crippen LogP contribution in [0, 0.1) is 0 Å². The summed E-state index contributed by atoms with van der Waals surface area (Å²) in [5, 5.41) is 0. The Morgan fingerprint density at radius 3 is 0.910 bits per heavy atom. The summed E-state index contributed by atoms with van der Waals surface area (Å²) in [6.45, 7) is 6.54. The Morgan fingerprint density at radius 1 is 0.313 bits per heavy atom. The SMILES string of the molecule is CC/C=C\C/C=C\C/C=C\C/C=C\CCCCCCCCCCCCC(=O)OCC(COC(=O)CCCCCCCCCCC)OC(=O)CCCCCCCCCCCCCCCCCCC. The molecule has 0 N–H and O–H groups in total. The highest BCUT2D eigenvalue weighted by Crippen LogP contribution is 2.17. The standard InChI is InChI=1S/C61H110O6/c1-4-7-10-13-16-19-21-23-25-27-28-29-30-31-32-34-35-37-39-42-45-48-51-54-60(63)66-57-58(56-65-59(62)53-50-47-44-41-18-15-12-9-6-3)67-61(64)55-52-49-46-43-40-38-36-33-26-24-22-20-17-14-11-8-5-2/h7,10,16,19,23,25,28-29,58H,4-6,8-9,11-15,17-18,20-22,24,26-27,30-57H2,1-3H3/b10-7-,19-16-,25-23-,29-28-. The molecule has 67 heavy (non-hydrogen) atoms. The second kappa shape index (κ2) is 56.0. The Balaban J connectivity index is 4.22. The predicted octanol–water partition coefficient (Wildman–Crippen LogP) is 19.4. The fourth-order valence-electron chi connectivity index (χ4n) is 8.49. The van der Waals surface area contributed by atoms with Crippen LogP contribution in [0.1, 0.15) is 303 Å². The van der Waals surface area contributed by atoms with E-state index in [1.165, 1.54) is 180 Å². The molecule has 0 aliphatic heterocycles. The van der Waals surface area contributed by atoms with Gasteiger partial charge in [-0.2, -0.15) is 0 Å². The number of esters is 3. The lowest BCUT2D eigenvalue weighted by Gasteiger charge is -2.18. The van der Waals surface area contributed by atoms with Crippen molar-refractivity contribution < 1.29 is 28.6 Å². The van der Waals surface area contributed by atoms with E-state index < -0.39 is 6.10 Å². The van der Waals surface area contributed by atoms with Crippen LogP contribution in [0.4, 0.5) is 0 Å². The Hall–Kier alpha value is -2.63. The summed E-state index contributed by atoms with van der Waals surface area (Å²) in [6.07, 6.45) is 68.3. The van der Waals surface area contributed by atoms with Crippen LogP contribution >= 0.6 is 0 Å². The molecule has 0 aromatic carbocycles. The Bertz CT molecular complexity index is 1170. The minimum atomic E-state index is -0.769. The lowest BCUT2D eigenvalue weighted by atomic mass is 10.0. The quantitative estimate of drug-likeness (QED) is 0.0262. The zero-order valence-corrected chi connectivity index (χ0v) is 44.7. The molecule has 0 aliphatic rings. The second-order valence-electron chi connectivity index (χ2n) is 19.5. The summed E-state index contributed by atoms with van der Waals surface area (Å²) in [5.41, 5.74) is 0. The monoisotopic (exact) mass is 939 g/mol. The van der Waals surface area contributed by atoms with Gasteiger partial charge in [-0.15, -0.1) is 0 Å². The third-order valence-electron chi connectivity index (χ3n) is 12.8. The maximum absolute atomic E-state index is 12.8. The van der Waals surface area contributed by atoms with E-state index in [2.05, 4.69) is 69.4 Å². The summed E-state index contributed by atoms with van der Waals surface area (Å²) >= 11 is 0. The van der Waals surface area contributed by atoms with Crippen LogP contribution in [0.3, 0.4) is 0 Å². The molecule has 390 valence electrons. The average molecular weight is 940 g/mol. The van der Waals surface area contributed by atoms with Crippen molar-refractivity contribution in [1.82, 2.24) is 0 Å². The Labute approximate surface area is 416 Å². The van der Waals surface area contributed by atoms with E-state index in [-0.39, 0.29) is 31.1 Å². The third kappa shape index (κ3) is 54.2. The summed E-state index contributed by atoms with van der Waals surface area (Å²) in [4.78, 5) is 38.1. The fourth-order valence-corrected chi connectivity index (χ4v) is 8.49. The van der Waals surface area contributed by atoms with Crippen LogP contribution in [0.2, 0.25) is 0 Å². The molecule has 0 fully saturated rings. The first-order valence-corrected chi connectivity index (χ1v) is 29.1. The van der Waals surface area contributed by atoms with Gasteiger partial charge in [0.1, 0.15) is 13.2 Å². The topological polar surface area (TPSA) is 78.9 Å². The van der Waals surface area contributed by atoms with Crippen molar-refractivity contribution in [1.29, 1.82) is 0 Å². The van der Waals surface area contributed by atoms with Gasteiger partial charge in [-0.05, 0) is 57.8 Å². The van der Waals surface area contributed by atoms with Gasteiger partial charge < -0.3 is 14.2 Å². The Morgan fingerprint density at radius 2 is 0.582 bits per heavy atom. The predicted molar refractivity (Wildman–Crippen MR) is 289 cm³/mol. The van der Waals surface area contributed by atoms with E-state index in [1.54, 1.807) is 0 Å². The van der Waals surface area contributed by atoms with Crippen molar-refractivity contribution in [3.63, 3.8) is 0 Å². The third-order valence-corrected chi connectivity index (χ3v) is 12.8. The number of unbranched alkanes of at least 4 members (excludes halogenated alkanes) is 34. The first-order chi connectivity index (χ1) is 33.0. The van der Waals surface area contributed by atoms with Gasteiger partial charge in [0.15, 0.2) is 6.10 Å². The molecular weight excluding hydrogens is 829 g/mol. The van der Waals surface area contributed by atoms with Crippen molar-refractivity contribution in [2.24, 2.45) is 0 Å². The van der Waals surface area contributed by atoms with Gasteiger partial charge in [-0.1, -0.05) is 275 Å². The summed E-state index contributed by atoms with van der Waals surface area (Å²) in [6, 6.07) is 0. The van der Waals surface area contributed by atoms with Crippen molar-refractivity contribution in [3.05, 3.63) is 48.6 Å². The largest absolute Gasteiger partial charge is 0.462 e. The molecule has 0 radical (unpaired) electrons.